The van der Waals surface area contributed by atoms with E-state index in [2.05, 4.69) is 43.5 Å². The van der Waals surface area contributed by atoms with E-state index in [1.807, 2.05) is 0 Å². The molecule has 6 heteroatoms. The number of piperidine rings is 1. The molecule has 0 radical (unpaired) electrons. The highest BCUT2D eigenvalue weighted by atomic mass is 79.9. The minimum absolute atomic E-state index is 0.0341. The van der Waals surface area contributed by atoms with Crippen LogP contribution in [-0.4, -0.2) is 28.5 Å². The third-order valence-corrected chi connectivity index (χ3v) is 3.26. The third kappa shape index (κ3) is 3.47. The van der Waals surface area contributed by atoms with E-state index >= 15 is 0 Å². The number of nitrogens with one attached hydrogen (secondary N) is 2. The molecule has 2 rings (SSSR count). The van der Waals surface area contributed by atoms with Gasteiger partial charge in [0.15, 0.2) is 5.82 Å². The minimum Gasteiger partial charge on any atom is -0.308 e. The van der Waals surface area contributed by atoms with Gasteiger partial charge in [0.05, 0.1) is 18.4 Å². The summed E-state index contributed by atoms with van der Waals surface area (Å²) in [5.74, 6) is 1.04. The SMILES string of the molecule is CC1CCNC(C(=O)Nc2cnc(Br)cn2)C1. The van der Waals surface area contributed by atoms with Gasteiger partial charge < -0.3 is 10.6 Å². The fraction of sp³-hybridized carbons (Fsp3) is 0.545. The van der Waals surface area contributed by atoms with Crippen molar-refractivity contribution in [3.8, 4) is 0 Å². The first-order valence-corrected chi connectivity index (χ1v) is 6.46. The Morgan fingerprint density at radius 1 is 1.53 bits per heavy atom. The maximum Gasteiger partial charge on any atom is 0.242 e. The summed E-state index contributed by atoms with van der Waals surface area (Å²) in [6.45, 7) is 3.06. The molecule has 1 saturated heterocycles. The van der Waals surface area contributed by atoms with Gasteiger partial charge in [-0.05, 0) is 41.2 Å². The second-order valence-electron chi connectivity index (χ2n) is 4.35. The molecule has 1 aromatic heterocycles. The smallest absolute Gasteiger partial charge is 0.242 e. The number of hydrogen-bond donors (Lipinski definition) is 2. The lowest BCUT2D eigenvalue weighted by Gasteiger charge is -2.26. The van der Waals surface area contributed by atoms with Crippen molar-refractivity contribution in [1.29, 1.82) is 0 Å². The largest absolute Gasteiger partial charge is 0.308 e. The van der Waals surface area contributed by atoms with Crippen LogP contribution < -0.4 is 10.6 Å². The number of nitrogens with zero attached hydrogens (tertiary/aromatic N) is 2. The van der Waals surface area contributed by atoms with E-state index in [0.29, 0.717) is 16.3 Å². The van der Waals surface area contributed by atoms with Crippen LogP contribution in [0.5, 0.6) is 0 Å². The summed E-state index contributed by atoms with van der Waals surface area (Å²) in [6, 6.07) is -0.121. The van der Waals surface area contributed by atoms with Gasteiger partial charge in [0.1, 0.15) is 4.60 Å². The molecule has 0 saturated carbocycles. The van der Waals surface area contributed by atoms with Crippen molar-refractivity contribution in [2.75, 3.05) is 11.9 Å². The fourth-order valence-corrected chi connectivity index (χ4v) is 2.10. The van der Waals surface area contributed by atoms with Gasteiger partial charge in [-0.2, -0.15) is 0 Å². The molecular formula is C11H15BrN4O. The number of rotatable bonds is 2. The molecule has 2 atom stereocenters. The normalized spacial score (nSPS) is 24.4. The molecule has 2 heterocycles. The van der Waals surface area contributed by atoms with Crippen LogP contribution in [0.25, 0.3) is 0 Å². The van der Waals surface area contributed by atoms with Crippen molar-refractivity contribution in [2.45, 2.75) is 25.8 Å². The van der Waals surface area contributed by atoms with Gasteiger partial charge in [-0.1, -0.05) is 6.92 Å². The number of hydrogen-bond acceptors (Lipinski definition) is 4. The maximum absolute atomic E-state index is 11.9. The van der Waals surface area contributed by atoms with E-state index in [1.54, 1.807) is 6.20 Å². The van der Waals surface area contributed by atoms with Crippen LogP contribution in [0.1, 0.15) is 19.8 Å². The molecule has 1 aromatic rings. The Morgan fingerprint density at radius 2 is 2.35 bits per heavy atom. The fourth-order valence-electron chi connectivity index (χ4n) is 1.90. The van der Waals surface area contributed by atoms with Crippen molar-refractivity contribution in [1.82, 2.24) is 15.3 Å². The average Bonchev–Trinajstić information content (AvgIpc) is 2.32. The lowest BCUT2D eigenvalue weighted by molar-refractivity contribution is -0.119. The van der Waals surface area contributed by atoms with Gasteiger partial charge in [-0.15, -0.1) is 0 Å². The zero-order valence-corrected chi connectivity index (χ0v) is 11.2. The Labute approximate surface area is 109 Å². The Bertz CT molecular complexity index is 395. The van der Waals surface area contributed by atoms with Gasteiger partial charge in [-0.3, -0.25) is 4.79 Å². The number of carbonyl (C=O) groups is 1. The number of aromatic nitrogens is 2. The molecule has 2 N–H and O–H groups in total. The van der Waals surface area contributed by atoms with Crippen molar-refractivity contribution < 1.29 is 4.79 Å². The molecule has 0 bridgehead atoms. The molecule has 1 amide bonds. The molecule has 0 aliphatic carbocycles. The zero-order valence-electron chi connectivity index (χ0n) is 9.61. The number of halogens is 1. The third-order valence-electron chi connectivity index (χ3n) is 2.85. The van der Waals surface area contributed by atoms with Crippen LogP contribution in [0.15, 0.2) is 17.0 Å². The maximum atomic E-state index is 11.9. The van der Waals surface area contributed by atoms with Crippen molar-refractivity contribution >= 4 is 27.7 Å². The van der Waals surface area contributed by atoms with Crippen LogP contribution in [0.4, 0.5) is 5.82 Å². The van der Waals surface area contributed by atoms with E-state index in [1.165, 1.54) is 6.20 Å². The summed E-state index contributed by atoms with van der Waals surface area (Å²) in [6.07, 6.45) is 5.10. The van der Waals surface area contributed by atoms with E-state index in [4.69, 9.17) is 0 Å². The highest BCUT2D eigenvalue weighted by molar-refractivity contribution is 9.10. The van der Waals surface area contributed by atoms with Crippen LogP contribution in [0.2, 0.25) is 0 Å². The standard InChI is InChI=1S/C11H15BrN4O/c1-7-2-3-13-8(4-7)11(17)16-10-6-14-9(12)5-15-10/h5-8,13H,2-4H2,1H3,(H,15,16,17). The Kier molecular flexibility index (Phi) is 4.06. The van der Waals surface area contributed by atoms with E-state index in [0.717, 1.165) is 19.4 Å². The molecule has 17 heavy (non-hydrogen) atoms. The van der Waals surface area contributed by atoms with E-state index < -0.39 is 0 Å². The molecule has 0 aromatic carbocycles. The molecule has 5 nitrogen and oxygen atoms in total. The average molecular weight is 299 g/mol. The van der Waals surface area contributed by atoms with Gasteiger partial charge in [-0.25, -0.2) is 9.97 Å². The van der Waals surface area contributed by atoms with E-state index in [9.17, 15) is 4.79 Å². The first-order valence-electron chi connectivity index (χ1n) is 5.67. The van der Waals surface area contributed by atoms with Crippen molar-refractivity contribution in [3.63, 3.8) is 0 Å². The van der Waals surface area contributed by atoms with Crippen LogP contribution in [0.3, 0.4) is 0 Å². The Morgan fingerprint density at radius 3 is 3.00 bits per heavy atom. The lowest BCUT2D eigenvalue weighted by Crippen LogP contribution is -2.45. The Balaban J connectivity index is 1.94. The molecule has 1 aliphatic rings. The molecule has 1 fully saturated rings. The summed E-state index contributed by atoms with van der Waals surface area (Å²) in [4.78, 5) is 20.0. The zero-order chi connectivity index (χ0) is 12.3. The molecule has 0 spiro atoms. The van der Waals surface area contributed by atoms with E-state index in [-0.39, 0.29) is 11.9 Å². The Hall–Kier alpha value is -1.01. The van der Waals surface area contributed by atoms with Crippen molar-refractivity contribution in [3.05, 3.63) is 17.0 Å². The minimum atomic E-state index is -0.121. The summed E-state index contributed by atoms with van der Waals surface area (Å²) in [5.41, 5.74) is 0. The van der Waals surface area contributed by atoms with Gasteiger partial charge in [0, 0.05) is 0 Å². The molecule has 1 aliphatic heterocycles. The quantitative estimate of drug-likeness (QED) is 0.870. The van der Waals surface area contributed by atoms with Crippen molar-refractivity contribution in [2.24, 2.45) is 5.92 Å². The summed E-state index contributed by atoms with van der Waals surface area (Å²) in [7, 11) is 0. The summed E-state index contributed by atoms with van der Waals surface area (Å²) >= 11 is 3.20. The van der Waals surface area contributed by atoms with Gasteiger partial charge in [0.2, 0.25) is 5.91 Å². The second-order valence-corrected chi connectivity index (χ2v) is 5.16. The monoisotopic (exact) mass is 298 g/mol. The number of amides is 1. The summed E-state index contributed by atoms with van der Waals surface area (Å²) < 4.78 is 0.653. The number of carbonyl (C=O) groups excluding carboxylic acids is 1. The highest BCUT2D eigenvalue weighted by Gasteiger charge is 2.24. The molecule has 2 unspecified atom stereocenters. The molecular weight excluding hydrogens is 284 g/mol. The molecule has 92 valence electrons. The predicted molar refractivity (Wildman–Crippen MR) is 68.6 cm³/mol. The second kappa shape index (κ2) is 5.55. The van der Waals surface area contributed by atoms with Gasteiger partial charge >= 0.3 is 0 Å². The first kappa shape index (κ1) is 12.4. The van der Waals surface area contributed by atoms with Crippen LogP contribution in [0, 0.1) is 5.92 Å². The highest BCUT2D eigenvalue weighted by Crippen LogP contribution is 2.16. The van der Waals surface area contributed by atoms with Crippen LogP contribution in [-0.2, 0) is 4.79 Å². The predicted octanol–water partition coefficient (Wildman–Crippen LogP) is 1.57. The lowest BCUT2D eigenvalue weighted by atomic mass is 9.94. The number of anilines is 1. The summed E-state index contributed by atoms with van der Waals surface area (Å²) in [5, 5.41) is 5.97. The van der Waals surface area contributed by atoms with Crippen LogP contribution >= 0.6 is 15.9 Å². The van der Waals surface area contributed by atoms with Gasteiger partial charge in [0.25, 0.3) is 0 Å². The first-order chi connectivity index (χ1) is 8.15. The topological polar surface area (TPSA) is 66.9 Å².